The minimum Gasteiger partial charge on any atom is -0.481 e. The summed E-state index contributed by atoms with van der Waals surface area (Å²) in [4.78, 5) is 13.4. The smallest absolute Gasteiger partial charge is 0.416 e. The maximum Gasteiger partial charge on any atom is 0.416 e. The van der Waals surface area contributed by atoms with Gasteiger partial charge < -0.3 is 5.11 Å². The number of aliphatic carboxylic acids is 1. The molecule has 0 radical (unpaired) electrons. The lowest BCUT2D eigenvalue weighted by molar-refractivity contribution is -0.143. The summed E-state index contributed by atoms with van der Waals surface area (Å²) < 4.78 is 40.7. The quantitative estimate of drug-likeness (QED) is 0.588. The highest BCUT2D eigenvalue weighted by Gasteiger charge is 2.35. The largest absolute Gasteiger partial charge is 0.481 e. The number of alkyl halides is 3. The van der Waals surface area contributed by atoms with E-state index >= 15 is 0 Å². The van der Waals surface area contributed by atoms with Gasteiger partial charge in [-0.15, -0.1) is 0 Å². The van der Waals surface area contributed by atoms with Crippen molar-refractivity contribution < 1.29 is 23.1 Å². The molecule has 1 fully saturated rings. The fourth-order valence-corrected chi connectivity index (χ4v) is 4.09. The van der Waals surface area contributed by atoms with Gasteiger partial charge in [0.1, 0.15) is 0 Å². The predicted octanol–water partition coefficient (Wildman–Crippen LogP) is 6.01. The monoisotopic (exact) mass is 475 g/mol. The molecule has 1 heterocycles. The van der Waals surface area contributed by atoms with Crippen LogP contribution in [0.25, 0.3) is 0 Å². The maximum atomic E-state index is 13.3. The summed E-state index contributed by atoms with van der Waals surface area (Å²) in [6.07, 6.45) is -3.29. The number of hydrogen-bond acceptors (Lipinski definition) is 2. The van der Waals surface area contributed by atoms with E-state index in [9.17, 15) is 23.1 Å². The number of nitrogens with zero attached hydrogens (tertiary/aromatic N) is 1. The second-order valence-electron chi connectivity index (χ2n) is 6.86. The number of benzene rings is 2. The van der Waals surface area contributed by atoms with E-state index in [1.807, 2.05) is 29.2 Å². The lowest BCUT2D eigenvalue weighted by Crippen LogP contribution is -2.41. The van der Waals surface area contributed by atoms with Crippen LogP contribution in [0.2, 0.25) is 5.02 Å². The number of piperidine rings is 1. The molecule has 0 saturated carbocycles. The molecular weight excluding hydrogens is 459 g/mol. The van der Waals surface area contributed by atoms with Crippen molar-refractivity contribution in [1.82, 2.24) is 4.90 Å². The molecule has 1 aliphatic heterocycles. The van der Waals surface area contributed by atoms with Crippen LogP contribution in [0.1, 0.15) is 35.6 Å². The van der Waals surface area contributed by atoms with Crippen LogP contribution in [0.5, 0.6) is 0 Å². The van der Waals surface area contributed by atoms with Gasteiger partial charge in [0.2, 0.25) is 0 Å². The topological polar surface area (TPSA) is 40.5 Å². The van der Waals surface area contributed by atoms with Crippen molar-refractivity contribution in [3.05, 3.63) is 68.7 Å². The average Bonchev–Trinajstić information content (AvgIpc) is 2.64. The molecule has 8 heteroatoms. The molecule has 2 unspecified atom stereocenters. The third-order valence-corrected chi connectivity index (χ3v) is 5.84. The number of carboxylic acid groups (broad SMARTS) is 1. The van der Waals surface area contributed by atoms with Crippen LogP contribution >= 0.6 is 27.5 Å². The normalized spacial score (nSPS) is 19.4. The minimum absolute atomic E-state index is 0.221. The lowest BCUT2D eigenvalue weighted by Gasteiger charge is -2.38. The molecule has 0 amide bonds. The third kappa shape index (κ3) is 4.70. The Morgan fingerprint density at radius 2 is 1.89 bits per heavy atom. The van der Waals surface area contributed by atoms with Crippen LogP contribution in [-0.4, -0.2) is 29.1 Å². The summed E-state index contributed by atoms with van der Waals surface area (Å²) in [5, 5.41) is 9.63. The summed E-state index contributed by atoms with van der Waals surface area (Å²) >= 11 is 9.68. The van der Waals surface area contributed by atoms with E-state index in [1.54, 1.807) is 0 Å². The van der Waals surface area contributed by atoms with Crippen LogP contribution in [-0.2, 0) is 11.0 Å². The summed E-state index contributed by atoms with van der Waals surface area (Å²) in [5.74, 6) is -1.45. The van der Waals surface area contributed by atoms with E-state index in [-0.39, 0.29) is 11.6 Å². The van der Waals surface area contributed by atoms with Gasteiger partial charge in [-0.2, -0.15) is 13.2 Å². The molecular formula is C20H18BrClF3NO2. The molecule has 0 aliphatic carbocycles. The number of carbonyl (C=O) groups is 1. The molecule has 3 rings (SSSR count). The van der Waals surface area contributed by atoms with Gasteiger partial charge in [0.25, 0.3) is 0 Å². The zero-order valence-electron chi connectivity index (χ0n) is 14.7. The van der Waals surface area contributed by atoms with Crippen LogP contribution in [0.4, 0.5) is 13.2 Å². The Hall–Kier alpha value is -1.57. The van der Waals surface area contributed by atoms with Gasteiger partial charge in [0, 0.05) is 16.0 Å². The third-order valence-electron chi connectivity index (χ3n) is 4.97. The first kappa shape index (κ1) is 21.1. The van der Waals surface area contributed by atoms with Crippen molar-refractivity contribution >= 4 is 33.5 Å². The molecule has 2 atom stereocenters. The van der Waals surface area contributed by atoms with Gasteiger partial charge in [0.05, 0.1) is 17.5 Å². The van der Waals surface area contributed by atoms with Crippen molar-refractivity contribution in [3.8, 4) is 0 Å². The highest BCUT2D eigenvalue weighted by molar-refractivity contribution is 9.10. The molecule has 2 aromatic carbocycles. The van der Waals surface area contributed by atoms with Gasteiger partial charge in [-0.05, 0) is 60.8 Å². The number of halogens is 5. The Balaban J connectivity index is 2.09. The molecule has 28 heavy (non-hydrogen) atoms. The van der Waals surface area contributed by atoms with Crippen molar-refractivity contribution in [1.29, 1.82) is 0 Å². The maximum absolute atomic E-state index is 13.3. The Kier molecular flexibility index (Phi) is 6.37. The molecule has 1 aliphatic rings. The summed E-state index contributed by atoms with van der Waals surface area (Å²) in [5.41, 5.74) is 0.307. The molecule has 150 valence electrons. The van der Waals surface area contributed by atoms with Crippen LogP contribution in [0.15, 0.2) is 46.9 Å². The van der Waals surface area contributed by atoms with Gasteiger partial charge >= 0.3 is 12.1 Å². The molecule has 1 N–H and O–H groups in total. The number of hydrogen-bond donors (Lipinski definition) is 1. The van der Waals surface area contributed by atoms with E-state index in [0.717, 1.165) is 22.2 Å². The van der Waals surface area contributed by atoms with Crippen molar-refractivity contribution in [3.63, 3.8) is 0 Å². The van der Waals surface area contributed by atoms with E-state index < -0.39 is 29.7 Å². The van der Waals surface area contributed by atoms with Crippen molar-refractivity contribution in [2.45, 2.75) is 25.1 Å². The Morgan fingerprint density at radius 1 is 1.21 bits per heavy atom. The second-order valence-corrected chi connectivity index (χ2v) is 8.18. The molecule has 3 nitrogen and oxygen atoms in total. The van der Waals surface area contributed by atoms with E-state index in [2.05, 4.69) is 15.9 Å². The standard InChI is InChI=1S/C20H18BrClF3NO2/c21-15-6-3-12(4-7-15)18(26-9-1-2-13(11-26)19(27)28)16-10-14(20(23,24)25)5-8-17(16)22/h3-8,10,13,18H,1-2,9,11H2,(H,27,28). The van der Waals surface area contributed by atoms with Crippen molar-refractivity contribution in [2.24, 2.45) is 5.92 Å². The molecule has 0 bridgehead atoms. The Labute approximate surface area is 174 Å². The van der Waals surface area contributed by atoms with E-state index in [1.165, 1.54) is 6.07 Å². The first-order valence-corrected chi connectivity index (χ1v) is 9.93. The highest BCUT2D eigenvalue weighted by atomic mass is 79.9. The van der Waals surface area contributed by atoms with Gasteiger partial charge in [-0.25, -0.2) is 0 Å². The number of likely N-dealkylation sites (tertiary alicyclic amines) is 1. The van der Waals surface area contributed by atoms with Gasteiger partial charge in [0.15, 0.2) is 0 Å². The average molecular weight is 477 g/mol. The fraction of sp³-hybridized carbons (Fsp3) is 0.350. The second kappa shape index (κ2) is 8.43. The lowest BCUT2D eigenvalue weighted by atomic mass is 9.90. The highest BCUT2D eigenvalue weighted by Crippen LogP contribution is 2.39. The van der Waals surface area contributed by atoms with Crippen LogP contribution < -0.4 is 0 Å². The number of carboxylic acids is 1. The predicted molar refractivity (Wildman–Crippen MR) is 104 cm³/mol. The van der Waals surface area contributed by atoms with Crippen molar-refractivity contribution in [2.75, 3.05) is 13.1 Å². The molecule has 0 spiro atoms. The number of rotatable bonds is 4. The first-order chi connectivity index (χ1) is 13.2. The van der Waals surface area contributed by atoms with E-state index in [0.29, 0.717) is 24.9 Å². The van der Waals surface area contributed by atoms with Gasteiger partial charge in [-0.3, -0.25) is 9.69 Å². The summed E-state index contributed by atoms with van der Waals surface area (Å²) in [6, 6.07) is 9.96. The van der Waals surface area contributed by atoms with Crippen LogP contribution in [0, 0.1) is 5.92 Å². The minimum atomic E-state index is -4.49. The molecule has 2 aromatic rings. The van der Waals surface area contributed by atoms with E-state index in [4.69, 9.17) is 11.6 Å². The Morgan fingerprint density at radius 3 is 2.50 bits per heavy atom. The van der Waals surface area contributed by atoms with Gasteiger partial charge in [-0.1, -0.05) is 39.7 Å². The zero-order chi connectivity index (χ0) is 20.5. The fourth-order valence-electron chi connectivity index (χ4n) is 3.60. The van der Waals surface area contributed by atoms with Crippen LogP contribution in [0.3, 0.4) is 0 Å². The Bertz CT molecular complexity index is 858. The molecule has 1 saturated heterocycles. The first-order valence-electron chi connectivity index (χ1n) is 8.76. The SMILES string of the molecule is O=C(O)C1CCCN(C(c2ccc(Br)cc2)c2cc(C(F)(F)F)ccc2Cl)C1. The summed E-state index contributed by atoms with van der Waals surface area (Å²) in [7, 11) is 0. The zero-order valence-corrected chi connectivity index (χ0v) is 17.1. The molecule has 0 aromatic heterocycles. The summed E-state index contributed by atoms with van der Waals surface area (Å²) in [6.45, 7) is 0.833.